The van der Waals surface area contributed by atoms with Crippen LogP contribution < -0.4 is 11.0 Å². The van der Waals surface area contributed by atoms with Gasteiger partial charge in [0.2, 0.25) is 0 Å². The molecule has 12 heavy (non-hydrogen) atoms. The number of hydrogen-bond acceptors (Lipinski definition) is 1. The van der Waals surface area contributed by atoms with Gasteiger partial charge in [-0.2, -0.15) is 0 Å². The highest BCUT2D eigenvalue weighted by atomic mass is 31.2. The summed E-state index contributed by atoms with van der Waals surface area (Å²) < 4.78 is 13.0. The number of nitrogen functional groups attached to an aromatic ring is 1. The first-order valence-electron chi connectivity index (χ1n) is 3.78. The van der Waals surface area contributed by atoms with Crippen molar-refractivity contribution in [1.29, 1.82) is 0 Å². The van der Waals surface area contributed by atoms with Crippen LogP contribution >= 0.6 is 7.26 Å². The second-order valence-electron chi connectivity index (χ2n) is 3.72. The van der Waals surface area contributed by atoms with E-state index in [1.807, 2.05) is 6.07 Å². The van der Waals surface area contributed by atoms with Crippen LogP contribution in [-0.4, -0.2) is 20.0 Å². The van der Waals surface area contributed by atoms with Crippen molar-refractivity contribution in [2.75, 3.05) is 25.7 Å². The van der Waals surface area contributed by atoms with Crippen molar-refractivity contribution in [3.05, 3.63) is 24.0 Å². The lowest BCUT2D eigenvalue weighted by atomic mass is 10.3. The summed E-state index contributed by atoms with van der Waals surface area (Å²) in [4.78, 5) is 0. The Morgan fingerprint density at radius 1 is 1.25 bits per heavy atom. The minimum absolute atomic E-state index is 0.229. The molecule has 2 N–H and O–H groups in total. The Morgan fingerprint density at radius 2 is 1.83 bits per heavy atom. The van der Waals surface area contributed by atoms with Crippen LogP contribution in [0.3, 0.4) is 0 Å². The zero-order chi connectivity index (χ0) is 9.35. The van der Waals surface area contributed by atoms with E-state index in [2.05, 4.69) is 20.0 Å². The van der Waals surface area contributed by atoms with Crippen molar-refractivity contribution in [3.63, 3.8) is 0 Å². The Morgan fingerprint density at radius 3 is 2.25 bits per heavy atom. The van der Waals surface area contributed by atoms with Crippen molar-refractivity contribution in [2.24, 2.45) is 0 Å². The third kappa shape index (κ3) is 1.95. The van der Waals surface area contributed by atoms with Gasteiger partial charge in [0.25, 0.3) is 0 Å². The second-order valence-corrected chi connectivity index (χ2v) is 8.26. The molecular weight excluding hydrogens is 172 g/mol. The first-order valence-corrected chi connectivity index (χ1v) is 6.91. The minimum atomic E-state index is -1.11. The summed E-state index contributed by atoms with van der Waals surface area (Å²) in [6, 6.07) is 5.09. The molecule has 0 radical (unpaired) electrons. The Balaban J connectivity index is 3.14. The van der Waals surface area contributed by atoms with Crippen molar-refractivity contribution in [3.8, 4) is 0 Å². The van der Waals surface area contributed by atoms with Crippen LogP contribution in [-0.2, 0) is 0 Å². The summed E-state index contributed by atoms with van der Waals surface area (Å²) in [6.07, 6.45) is 0. The van der Waals surface area contributed by atoms with Gasteiger partial charge < -0.3 is 5.73 Å². The molecule has 0 bridgehead atoms. The van der Waals surface area contributed by atoms with Crippen LogP contribution in [0, 0.1) is 5.82 Å². The molecule has 0 unspecified atom stereocenters. The van der Waals surface area contributed by atoms with Crippen LogP contribution in [0.25, 0.3) is 0 Å². The highest BCUT2D eigenvalue weighted by molar-refractivity contribution is 7.80. The van der Waals surface area contributed by atoms with Crippen molar-refractivity contribution >= 4 is 18.3 Å². The van der Waals surface area contributed by atoms with Crippen molar-refractivity contribution in [2.45, 2.75) is 0 Å². The molecule has 1 aromatic rings. The average Bonchev–Trinajstić information content (AvgIpc) is 1.92. The second kappa shape index (κ2) is 3.02. The van der Waals surface area contributed by atoms with Gasteiger partial charge in [0, 0.05) is 13.3 Å². The van der Waals surface area contributed by atoms with Gasteiger partial charge in [-0.3, -0.25) is 0 Å². The SMILES string of the molecule is C[P+](C)(C)c1ccc(N)c(F)c1. The van der Waals surface area contributed by atoms with Gasteiger partial charge in [-0.05, 0) is 12.1 Å². The van der Waals surface area contributed by atoms with Gasteiger partial charge in [0.05, 0.1) is 31.0 Å². The molecule has 1 rings (SSSR count). The first-order chi connectivity index (χ1) is 5.41. The fourth-order valence-corrected chi connectivity index (χ4v) is 1.96. The topological polar surface area (TPSA) is 26.0 Å². The molecule has 3 heteroatoms. The quantitative estimate of drug-likeness (QED) is 0.526. The number of benzene rings is 1. The average molecular weight is 186 g/mol. The van der Waals surface area contributed by atoms with E-state index in [0.29, 0.717) is 0 Å². The van der Waals surface area contributed by atoms with Crippen LogP contribution in [0.5, 0.6) is 0 Å². The normalized spacial score (nSPS) is 11.7. The minimum Gasteiger partial charge on any atom is -0.396 e. The predicted octanol–water partition coefficient (Wildman–Crippen LogP) is 1.94. The zero-order valence-corrected chi connectivity index (χ0v) is 8.53. The van der Waals surface area contributed by atoms with E-state index in [1.54, 1.807) is 12.1 Å². The smallest absolute Gasteiger partial charge is 0.149 e. The van der Waals surface area contributed by atoms with E-state index < -0.39 is 7.26 Å². The largest absolute Gasteiger partial charge is 0.396 e. The zero-order valence-electron chi connectivity index (χ0n) is 7.63. The summed E-state index contributed by atoms with van der Waals surface area (Å²) >= 11 is 0. The monoisotopic (exact) mass is 186 g/mol. The summed E-state index contributed by atoms with van der Waals surface area (Å²) in [6.45, 7) is 6.45. The molecule has 1 aromatic carbocycles. The number of nitrogens with two attached hydrogens (primary N) is 1. The van der Waals surface area contributed by atoms with E-state index in [4.69, 9.17) is 5.73 Å². The Hall–Kier alpha value is -0.620. The Bertz CT molecular complexity index is 291. The maximum Gasteiger partial charge on any atom is 0.149 e. The van der Waals surface area contributed by atoms with Gasteiger partial charge in [-0.15, -0.1) is 0 Å². The van der Waals surface area contributed by atoms with Crippen LogP contribution in [0.15, 0.2) is 18.2 Å². The van der Waals surface area contributed by atoms with E-state index in [1.165, 1.54) is 0 Å². The molecule has 0 aromatic heterocycles. The number of anilines is 1. The van der Waals surface area contributed by atoms with Gasteiger partial charge in [-0.1, -0.05) is 0 Å². The lowest BCUT2D eigenvalue weighted by Crippen LogP contribution is -2.09. The molecule has 0 atom stereocenters. The highest BCUT2D eigenvalue weighted by Crippen LogP contribution is 2.45. The standard InChI is InChI=1S/C9H14FNP/c1-12(2,3)7-4-5-9(11)8(10)6-7/h4-6H,11H2,1-3H3/q+1. The van der Waals surface area contributed by atoms with E-state index in [9.17, 15) is 4.39 Å². The van der Waals surface area contributed by atoms with Gasteiger partial charge >= 0.3 is 0 Å². The molecule has 1 nitrogen and oxygen atoms in total. The lowest BCUT2D eigenvalue weighted by Gasteiger charge is -2.11. The maximum atomic E-state index is 13.0. The van der Waals surface area contributed by atoms with Gasteiger partial charge in [0.15, 0.2) is 0 Å². The van der Waals surface area contributed by atoms with Crippen molar-refractivity contribution < 1.29 is 4.39 Å². The lowest BCUT2D eigenvalue weighted by molar-refractivity contribution is 0.633. The number of rotatable bonds is 1. The molecule has 66 valence electrons. The molecule has 0 aliphatic heterocycles. The molecule has 0 aliphatic rings. The highest BCUT2D eigenvalue weighted by Gasteiger charge is 2.21. The molecule has 0 fully saturated rings. The van der Waals surface area contributed by atoms with Crippen LogP contribution in [0.1, 0.15) is 0 Å². The van der Waals surface area contributed by atoms with Gasteiger partial charge in [0.1, 0.15) is 5.82 Å². The fraction of sp³-hybridized carbons (Fsp3) is 0.333. The summed E-state index contributed by atoms with van der Waals surface area (Å²) in [5, 5.41) is 1.08. The fourth-order valence-electron chi connectivity index (χ4n) is 0.933. The summed E-state index contributed by atoms with van der Waals surface area (Å²) in [5.41, 5.74) is 5.60. The maximum absolute atomic E-state index is 13.0. The molecule has 0 heterocycles. The molecule has 0 aliphatic carbocycles. The number of hydrogen-bond donors (Lipinski definition) is 1. The molecular formula is C9H14FNP+. The Labute approximate surface area is 73.1 Å². The van der Waals surface area contributed by atoms with Gasteiger partial charge in [-0.25, -0.2) is 4.39 Å². The third-order valence-corrected chi connectivity index (χ3v) is 3.59. The number of halogens is 1. The predicted molar refractivity (Wildman–Crippen MR) is 55.1 cm³/mol. The molecule has 0 spiro atoms. The summed E-state index contributed by atoms with van der Waals surface area (Å²) in [7, 11) is -1.11. The van der Waals surface area contributed by atoms with Crippen LogP contribution in [0.4, 0.5) is 10.1 Å². The van der Waals surface area contributed by atoms with E-state index in [-0.39, 0.29) is 11.5 Å². The first kappa shape index (κ1) is 9.47. The molecule has 0 saturated heterocycles. The molecule has 0 saturated carbocycles. The Kier molecular flexibility index (Phi) is 2.39. The third-order valence-electron chi connectivity index (χ3n) is 1.76. The van der Waals surface area contributed by atoms with Crippen molar-refractivity contribution in [1.82, 2.24) is 0 Å². The summed E-state index contributed by atoms with van der Waals surface area (Å²) in [5.74, 6) is -0.303. The van der Waals surface area contributed by atoms with E-state index >= 15 is 0 Å². The van der Waals surface area contributed by atoms with E-state index in [0.717, 1.165) is 5.30 Å². The van der Waals surface area contributed by atoms with Crippen LogP contribution in [0.2, 0.25) is 0 Å². The molecule has 0 amide bonds.